The molecule has 1 aliphatic heterocycles. The number of carbonyl (C=O) groups excluding carboxylic acids is 1. The van der Waals surface area contributed by atoms with Crippen LogP contribution in [0.4, 0.5) is 13.2 Å². The van der Waals surface area contributed by atoms with Gasteiger partial charge in [0.25, 0.3) is 0 Å². The lowest BCUT2D eigenvalue weighted by Crippen LogP contribution is -2.57. The van der Waals surface area contributed by atoms with Crippen molar-refractivity contribution in [2.24, 2.45) is 5.73 Å². The summed E-state index contributed by atoms with van der Waals surface area (Å²) in [5.41, 5.74) is 4.91. The lowest BCUT2D eigenvalue weighted by atomic mass is 10.0. The zero-order valence-electron chi connectivity index (χ0n) is 13.0. The zero-order valence-corrected chi connectivity index (χ0v) is 13.8. The number of halogens is 4. The van der Waals surface area contributed by atoms with Crippen molar-refractivity contribution in [2.75, 3.05) is 45.9 Å². The van der Waals surface area contributed by atoms with Gasteiger partial charge in [-0.3, -0.25) is 9.69 Å². The maximum Gasteiger partial charge on any atom is 0.411 e. The van der Waals surface area contributed by atoms with E-state index in [0.717, 1.165) is 0 Å². The van der Waals surface area contributed by atoms with Gasteiger partial charge in [-0.05, 0) is 20.3 Å². The second-order valence-electron chi connectivity index (χ2n) is 5.88. The molecule has 1 amide bonds. The topological polar surface area (TPSA) is 58.8 Å². The molecule has 1 heterocycles. The third kappa shape index (κ3) is 8.17. The monoisotopic (exact) mass is 347 g/mol. The van der Waals surface area contributed by atoms with Crippen molar-refractivity contribution >= 4 is 18.3 Å². The average Bonchev–Trinajstić information content (AvgIpc) is 2.36. The summed E-state index contributed by atoms with van der Waals surface area (Å²) in [5.74, 6) is -0.0735. The Morgan fingerprint density at radius 1 is 1.18 bits per heavy atom. The van der Waals surface area contributed by atoms with Crippen molar-refractivity contribution in [3.63, 3.8) is 0 Å². The van der Waals surface area contributed by atoms with Gasteiger partial charge in [0, 0.05) is 39.3 Å². The molecule has 0 unspecified atom stereocenters. The standard InChI is InChI=1S/C13H24F3N3O2.ClH/c1-12(2,17)11(20)19-7-5-18(6-8-19)4-3-9-21-10-13(14,15)16;/h3-10,17H2,1-2H3;1H. The highest BCUT2D eigenvalue weighted by Crippen LogP contribution is 2.14. The number of hydrogen-bond acceptors (Lipinski definition) is 4. The third-order valence-corrected chi connectivity index (χ3v) is 3.24. The number of amides is 1. The van der Waals surface area contributed by atoms with E-state index in [1.54, 1.807) is 18.7 Å². The molecule has 9 heteroatoms. The van der Waals surface area contributed by atoms with E-state index in [-0.39, 0.29) is 24.9 Å². The van der Waals surface area contributed by atoms with E-state index in [9.17, 15) is 18.0 Å². The predicted octanol–water partition coefficient (Wildman–Crippen LogP) is 1.26. The Kier molecular flexibility index (Phi) is 8.67. The summed E-state index contributed by atoms with van der Waals surface area (Å²) >= 11 is 0. The fourth-order valence-electron chi connectivity index (χ4n) is 2.16. The molecule has 1 saturated heterocycles. The summed E-state index contributed by atoms with van der Waals surface area (Å²) in [7, 11) is 0. The maximum atomic E-state index is 12.0. The Bertz CT molecular complexity index is 340. The Morgan fingerprint density at radius 3 is 2.18 bits per heavy atom. The van der Waals surface area contributed by atoms with Gasteiger partial charge >= 0.3 is 6.18 Å². The van der Waals surface area contributed by atoms with E-state index in [4.69, 9.17) is 5.73 Å². The molecule has 0 spiro atoms. The van der Waals surface area contributed by atoms with Crippen LogP contribution >= 0.6 is 12.4 Å². The van der Waals surface area contributed by atoms with Crippen LogP contribution in [0, 0.1) is 0 Å². The zero-order chi connectivity index (χ0) is 16.1. The van der Waals surface area contributed by atoms with E-state index < -0.39 is 18.3 Å². The van der Waals surface area contributed by atoms with Gasteiger partial charge < -0.3 is 15.4 Å². The number of alkyl halides is 3. The SMILES string of the molecule is CC(C)(N)C(=O)N1CCN(CCCOCC(F)(F)F)CC1.Cl. The van der Waals surface area contributed by atoms with Crippen molar-refractivity contribution in [2.45, 2.75) is 32.0 Å². The number of nitrogens with two attached hydrogens (primary N) is 1. The molecule has 1 aliphatic rings. The highest BCUT2D eigenvalue weighted by Gasteiger charge is 2.30. The van der Waals surface area contributed by atoms with Crippen molar-refractivity contribution in [1.82, 2.24) is 9.80 Å². The van der Waals surface area contributed by atoms with Gasteiger partial charge in [-0.1, -0.05) is 0 Å². The first-order chi connectivity index (χ1) is 9.59. The molecule has 0 aromatic carbocycles. The van der Waals surface area contributed by atoms with Crippen LogP contribution in [-0.2, 0) is 9.53 Å². The molecule has 0 radical (unpaired) electrons. The van der Waals surface area contributed by atoms with Gasteiger partial charge in [-0.25, -0.2) is 0 Å². The van der Waals surface area contributed by atoms with Gasteiger partial charge in [-0.15, -0.1) is 12.4 Å². The number of piperazine rings is 1. The number of carbonyl (C=O) groups is 1. The molecular formula is C13H25ClF3N3O2. The fourth-order valence-corrected chi connectivity index (χ4v) is 2.16. The summed E-state index contributed by atoms with van der Waals surface area (Å²) in [4.78, 5) is 15.8. The Hall–Kier alpha value is -0.570. The molecule has 1 fully saturated rings. The van der Waals surface area contributed by atoms with Crippen LogP contribution in [0.1, 0.15) is 20.3 Å². The molecule has 0 aliphatic carbocycles. The lowest BCUT2D eigenvalue weighted by Gasteiger charge is -2.37. The van der Waals surface area contributed by atoms with E-state index in [2.05, 4.69) is 9.64 Å². The molecule has 132 valence electrons. The number of nitrogens with zero attached hydrogens (tertiary/aromatic N) is 2. The molecule has 22 heavy (non-hydrogen) atoms. The van der Waals surface area contributed by atoms with Crippen LogP contribution in [0.25, 0.3) is 0 Å². The number of rotatable bonds is 6. The number of ether oxygens (including phenoxy) is 1. The van der Waals surface area contributed by atoms with E-state index >= 15 is 0 Å². The predicted molar refractivity (Wildman–Crippen MR) is 80.0 cm³/mol. The van der Waals surface area contributed by atoms with Gasteiger partial charge in [0.15, 0.2) is 0 Å². The normalized spacial score (nSPS) is 17.3. The Balaban J connectivity index is 0.00000441. The van der Waals surface area contributed by atoms with Crippen LogP contribution in [0.5, 0.6) is 0 Å². The smallest absolute Gasteiger partial charge is 0.372 e. The van der Waals surface area contributed by atoms with Crippen LogP contribution in [0.3, 0.4) is 0 Å². The van der Waals surface area contributed by atoms with Crippen LogP contribution in [0.15, 0.2) is 0 Å². The summed E-state index contributed by atoms with van der Waals surface area (Å²) in [6.45, 7) is 5.55. The molecule has 0 aromatic rings. The van der Waals surface area contributed by atoms with Crippen molar-refractivity contribution in [3.05, 3.63) is 0 Å². The highest BCUT2D eigenvalue weighted by molar-refractivity contribution is 5.85. The first-order valence-electron chi connectivity index (χ1n) is 7.05. The van der Waals surface area contributed by atoms with Crippen LogP contribution in [-0.4, -0.2) is 73.4 Å². The quantitative estimate of drug-likeness (QED) is 0.735. The minimum atomic E-state index is -4.26. The number of hydrogen-bond donors (Lipinski definition) is 1. The maximum absolute atomic E-state index is 12.0. The summed E-state index contributed by atoms with van der Waals surface area (Å²) in [6, 6.07) is 0. The van der Waals surface area contributed by atoms with Gasteiger partial charge in [0.2, 0.25) is 5.91 Å². The lowest BCUT2D eigenvalue weighted by molar-refractivity contribution is -0.174. The van der Waals surface area contributed by atoms with Crippen molar-refractivity contribution in [3.8, 4) is 0 Å². The molecule has 5 nitrogen and oxygen atoms in total. The molecule has 2 N–H and O–H groups in total. The second kappa shape index (κ2) is 8.90. The first-order valence-corrected chi connectivity index (χ1v) is 7.05. The molecule has 0 saturated carbocycles. The first kappa shape index (κ1) is 21.4. The molecule has 0 atom stereocenters. The van der Waals surface area contributed by atoms with Gasteiger partial charge in [-0.2, -0.15) is 13.2 Å². The average molecular weight is 348 g/mol. The van der Waals surface area contributed by atoms with Crippen LogP contribution < -0.4 is 5.73 Å². The molecular weight excluding hydrogens is 323 g/mol. The van der Waals surface area contributed by atoms with Crippen molar-refractivity contribution in [1.29, 1.82) is 0 Å². The van der Waals surface area contributed by atoms with E-state index in [1.165, 1.54) is 0 Å². The summed E-state index contributed by atoms with van der Waals surface area (Å²) in [5, 5.41) is 0. The van der Waals surface area contributed by atoms with Crippen LogP contribution in [0.2, 0.25) is 0 Å². The third-order valence-electron chi connectivity index (χ3n) is 3.24. The molecule has 0 bridgehead atoms. The minimum absolute atomic E-state index is 0. The summed E-state index contributed by atoms with van der Waals surface area (Å²) in [6.07, 6.45) is -3.71. The highest BCUT2D eigenvalue weighted by atomic mass is 35.5. The largest absolute Gasteiger partial charge is 0.411 e. The molecule has 0 aromatic heterocycles. The Labute approximate surface area is 135 Å². The fraction of sp³-hybridized carbons (Fsp3) is 0.923. The van der Waals surface area contributed by atoms with Gasteiger partial charge in [0.1, 0.15) is 6.61 Å². The van der Waals surface area contributed by atoms with Gasteiger partial charge in [0.05, 0.1) is 5.54 Å². The van der Waals surface area contributed by atoms with E-state index in [0.29, 0.717) is 39.1 Å². The molecule has 1 rings (SSSR count). The summed E-state index contributed by atoms with van der Waals surface area (Å²) < 4.78 is 40.2. The van der Waals surface area contributed by atoms with Crippen molar-refractivity contribution < 1.29 is 22.7 Å². The Morgan fingerprint density at radius 2 is 1.73 bits per heavy atom. The minimum Gasteiger partial charge on any atom is -0.372 e. The van der Waals surface area contributed by atoms with E-state index in [1.807, 2.05) is 0 Å². The second-order valence-corrected chi connectivity index (χ2v) is 5.88.